The number of amides is 1. The minimum absolute atomic E-state index is 0.0858. The van der Waals surface area contributed by atoms with Crippen LogP contribution in [-0.4, -0.2) is 22.9 Å². The lowest BCUT2D eigenvalue weighted by Crippen LogP contribution is -2.29. The van der Waals surface area contributed by atoms with Crippen LogP contribution in [0.5, 0.6) is 0 Å². The van der Waals surface area contributed by atoms with Crippen molar-refractivity contribution in [2.24, 2.45) is 0 Å². The van der Waals surface area contributed by atoms with Crippen molar-refractivity contribution < 1.29 is 9.00 Å². The first kappa shape index (κ1) is 19.1. The lowest BCUT2D eigenvalue weighted by atomic mass is 9.91. The Morgan fingerprint density at radius 1 is 0.889 bits per heavy atom. The summed E-state index contributed by atoms with van der Waals surface area (Å²) in [4.78, 5) is 12.7. The Balaban J connectivity index is 1.76. The van der Waals surface area contributed by atoms with Crippen molar-refractivity contribution in [3.63, 3.8) is 0 Å². The molecule has 4 heteroatoms. The smallest absolute Gasteiger partial charge is 0.251 e. The molecule has 0 bridgehead atoms. The highest BCUT2D eigenvalue weighted by atomic mass is 32.2. The van der Waals surface area contributed by atoms with E-state index in [4.69, 9.17) is 0 Å². The zero-order valence-corrected chi connectivity index (χ0v) is 16.1. The number of carbonyl (C=O) groups excluding carboxylic acids is 1. The van der Waals surface area contributed by atoms with Gasteiger partial charge in [-0.3, -0.25) is 9.00 Å². The summed E-state index contributed by atoms with van der Waals surface area (Å²) in [7, 11) is -0.931. The summed E-state index contributed by atoms with van der Waals surface area (Å²) >= 11 is 0. The van der Waals surface area contributed by atoms with Crippen LogP contribution in [0.25, 0.3) is 0 Å². The molecule has 0 radical (unpaired) electrons. The monoisotopic (exact) mass is 377 g/mol. The van der Waals surface area contributed by atoms with Gasteiger partial charge in [0.2, 0.25) is 0 Å². The molecule has 0 aliphatic heterocycles. The first-order chi connectivity index (χ1) is 13.1. The van der Waals surface area contributed by atoms with Gasteiger partial charge in [-0.05, 0) is 28.8 Å². The molecule has 0 saturated heterocycles. The summed E-state index contributed by atoms with van der Waals surface area (Å²) in [5.74, 6) is 0.427. The van der Waals surface area contributed by atoms with Crippen LogP contribution < -0.4 is 5.32 Å². The maximum absolute atomic E-state index is 12.7. The van der Waals surface area contributed by atoms with Gasteiger partial charge in [0.05, 0.1) is 0 Å². The van der Waals surface area contributed by atoms with E-state index >= 15 is 0 Å². The average Bonchev–Trinajstić information content (AvgIpc) is 2.69. The fourth-order valence-corrected chi connectivity index (χ4v) is 3.78. The molecule has 3 rings (SSSR count). The van der Waals surface area contributed by atoms with Crippen LogP contribution in [0.4, 0.5) is 0 Å². The van der Waals surface area contributed by atoms with E-state index in [-0.39, 0.29) is 11.8 Å². The third-order valence-electron chi connectivity index (χ3n) is 4.43. The second-order valence-electron chi connectivity index (χ2n) is 6.50. The van der Waals surface area contributed by atoms with Crippen LogP contribution in [0.3, 0.4) is 0 Å². The number of nitrogens with one attached hydrogen (secondary N) is 1. The summed E-state index contributed by atoms with van der Waals surface area (Å²) in [5, 5.41) is 3.06. The van der Waals surface area contributed by atoms with Gasteiger partial charge < -0.3 is 5.32 Å². The zero-order valence-electron chi connectivity index (χ0n) is 15.3. The quantitative estimate of drug-likeness (QED) is 0.673. The van der Waals surface area contributed by atoms with Crippen LogP contribution in [0, 0.1) is 0 Å². The predicted octanol–water partition coefficient (Wildman–Crippen LogP) is 4.13. The summed E-state index contributed by atoms with van der Waals surface area (Å²) in [6.07, 6.45) is 1.66. The molecule has 0 aliphatic carbocycles. The molecule has 27 heavy (non-hydrogen) atoms. The summed E-state index contributed by atoms with van der Waals surface area (Å²) in [5.41, 5.74) is 3.84. The molecule has 0 fully saturated rings. The van der Waals surface area contributed by atoms with Gasteiger partial charge in [0.25, 0.3) is 5.91 Å². The van der Waals surface area contributed by atoms with Gasteiger partial charge in [-0.25, -0.2) is 0 Å². The molecule has 1 amide bonds. The highest BCUT2D eigenvalue weighted by Crippen LogP contribution is 2.23. The van der Waals surface area contributed by atoms with Crippen molar-refractivity contribution in [2.75, 3.05) is 12.8 Å². The summed E-state index contributed by atoms with van der Waals surface area (Å²) in [6.45, 7) is 0.511. The Hall–Kier alpha value is -2.72. The van der Waals surface area contributed by atoms with E-state index < -0.39 is 10.8 Å². The van der Waals surface area contributed by atoms with E-state index in [1.807, 2.05) is 54.6 Å². The van der Waals surface area contributed by atoms with E-state index in [1.165, 1.54) is 11.1 Å². The van der Waals surface area contributed by atoms with Crippen molar-refractivity contribution in [1.29, 1.82) is 0 Å². The second-order valence-corrected chi connectivity index (χ2v) is 7.94. The second kappa shape index (κ2) is 9.28. The molecular weight excluding hydrogens is 354 g/mol. The van der Waals surface area contributed by atoms with Crippen molar-refractivity contribution >= 4 is 16.7 Å². The predicted molar refractivity (Wildman–Crippen MR) is 111 cm³/mol. The largest absolute Gasteiger partial charge is 0.351 e. The molecule has 1 N–H and O–H groups in total. The molecule has 0 aliphatic rings. The standard InChI is InChI=1S/C23H23NO2S/c1-27(26)17-18-9-8-14-21(15-18)23(25)24-16-22(19-10-4-2-5-11-19)20-12-6-3-7-13-20/h2-15,22H,16-17H2,1H3,(H,24,25). The van der Waals surface area contributed by atoms with Gasteiger partial charge in [0, 0.05) is 40.8 Å². The van der Waals surface area contributed by atoms with Crippen LogP contribution in [0.1, 0.15) is 33.0 Å². The molecule has 3 nitrogen and oxygen atoms in total. The average molecular weight is 378 g/mol. The highest BCUT2D eigenvalue weighted by Gasteiger charge is 2.16. The SMILES string of the molecule is CS(=O)Cc1cccc(C(=O)NCC(c2ccccc2)c2ccccc2)c1. The molecule has 0 saturated carbocycles. The van der Waals surface area contributed by atoms with Crippen molar-refractivity contribution in [2.45, 2.75) is 11.7 Å². The number of hydrogen-bond donors (Lipinski definition) is 1. The van der Waals surface area contributed by atoms with Crippen molar-refractivity contribution in [3.05, 3.63) is 107 Å². The van der Waals surface area contributed by atoms with Crippen LogP contribution in [0.15, 0.2) is 84.9 Å². The van der Waals surface area contributed by atoms with Gasteiger partial charge >= 0.3 is 0 Å². The topological polar surface area (TPSA) is 46.2 Å². The highest BCUT2D eigenvalue weighted by molar-refractivity contribution is 7.83. The maximum Gasteiger partial charge on any atom is 0.251 e. The zero-order chi connectivity index (χ0) is 19.1. The number of hydrogen-bond acceptors (Lipinski definition) is 2. The first-order valence-corrected chi connectivity index (χ1v) is 10.6. The fraction of sp³-hybridized carbons (Fsp3) is 0.174. The van der Waals surface area contributed by atoms with Gasteiger partial charge in [-0.15, -0.1) is 0 Å². The molecule has 0 spiro atoms. The van der Waals surface area contributed by atoms with Crippen LogP contribution in [-0.2, 0) is 16.6 Å². The van der Waals surface area contributed by atoms with E-state index in [0.717, 1.165) is 5.56 Å². The van der Waals surface area contributed by atoms with Crippen molar-refractivity contribution in [3.8, 4) is 0 Å². The molecule has 138 valence electrons. The molecule has 1 unspecified atom stereocenters. The third kappa shape index (κ3) is 5.38. The Morgan fingerprint density at radius 2 is 1.48 bits per heavy atom. The van der Waals surface area contributed by atoms with E-state index in [9.17, 15) is 9.00 Å². The Morgan fingerprint density at radius 3 is 2.04 bits per heavy atom. The van der Waals surface area contributed by atoms with E-state index in [0.29, 0.717) is 17.9 Å². The summed E-state index contributed by atoms with van der Waals surface area (Å²) in [6, 6.07) is 27.7. The normalized spacial score (nSPS) is 11.9. The van der Waals surface area contributed by atoms with Gasteiger partial charge in [0.1, 0.15) is 0 Å². The third-order valence-corrected chi connectivity index (χ3v) is 5.17. The minimum atomic E-state index is -0.931. The molecular formula is C23H23NO2S. The molecule has 1 atom stereocenters. The van der Waals surface area contributed by atoms with Gasteiger partial charge in [0.15, 0.2) is 0 Å². The number of carbonyl (C=O) groups is 1. The number of rotatable bonds is 7. The maximum atomic E-state index is 12.7. The van der Waals surface area contributed by atoms with Crippen molar-refractivity contribution in [1.82, 2.24) is 5.32 Å². The fourth-order valence-electron chi connectivity index (χ4n) is 3.13. The number of benzene rings is 3. The molecule has 3 aromatic carbocycles. The van der Waals surface area contributed by atoms with Gasteiger partial charge in [-0.1, -0.05) is 72.8 Å². The molecule has 0 heterocycles. The molecule has 0 aromatic heterocycles. The Labute approximate surface area is 162 Å². The Kier molecular flexibility index (Phi) is 6.55. The molecule has 3 aromatic rings. The van der Waals surface area contributed by atoms with Gasteiger partial charge in [-0.2, -0.15) is 0 Å². The van der Waals surface area contributed by atoms with E-state index in [1.54, 1.807) is 12.3 Å². The first-order valence-electron chi connectivity index (χ1n) is 8.90. The Bertz CT molecular complexity index is 870. The summed E-state index contributed by atoms with van der Waals surface area (Å²) < 4.78 is 11.4. The lowest BCUT2D eigenvalue weighted by molar-refractivity contribution is 0.0952. The van der Waals surface area contributed by atoms with E-state index in [2.05, 4.69) is 29.6 Å². The van der Waals surface area contributed by atoms with Crippen LogP contribution in [0.2, 0.25) is 0 Å². The minimum Gasteiger partial charge on any atom is -0.351 e. The van der Waals surface area contributed by atoms with Crippen LogP contribution >= 0.6 is 0 Å². The lowest BCUT2D eigenvalue weighted by Gasteiger charge is -2.19.